The van der Waals surface area contributed by atoms with Gasteiger partial charge in [0.1, 0.15) is 6.42 Å². The number of alkyl halides is 11. The molecule has 0 amide bonds. The van der Waals surface area contributed by atoms with E-state index in [2.05, 4.69) is 0 Å². The van der Waals surface area contributed by atoms with Crippen molar-refractivity contribution in [1.82, 2.24) is 0 Å². The molecule has 0 rings (SSSR count). The van der Waals surface area contributed by atoms with Crippen LogP contribution in [0.2, 0.25) is 0 Å². The second kappa shape index (κ2) is 4.65. The third-order valence-corrected chi connectivity index (χ3v) is 2.10. The van der Waals surface area contributed by atoms with Crippen molar-refractivity contribution in [3.63, 3.8) is 0 Å². The van der Waals surface area contributed by atoms with E-state index in [1.54, 1.807) is 0 Å². The fourth-order valence-corrected chi connectivity index (χ4v) is 1.03. The number of halogens is 11. The average Bonchev–Trinajstić information content (AvgIpc) is 1.92. The lowest BCUT2D eigenvalue weighted by molar-refractivity contribution is -0.296. The van der Waals surface area contributed by atoms with E-state index in [0.717, 1.165) is 0 Å². The van der Waals surface area contributed by atoms with E-state index in [-0.39, 0.29) is 0 Å². The van der Waals surface area contributed by atoms with Crippen molar-refractivity contribution in [3.05, 3.63) is 0 Å². The number of rotatable bonds is 4. The van der Waals surface area contributed by atoms with Gasteiger partial charge in [0, 0.05) is 0 Å². The summed E-state index contributed by atoms with van der Waals surface area (Å²) in [4.78, 5) is 0. The van der Waals surface area contributed by atoms with Crippen LogP contribution < -0.4 is 0 Å². The highest BCUT2D eigenvalue weighted by atomic mass is 19.4. The Bertz CT molecular complexity index is 308. The molecule has 0 aliphatic rings. The zero-order valence-electron chi connectivity index (χ0n) is 9.07. The van der Waals surface area contributed by atoms with Crippen molar-refractivity contribution in [1.29, 1.82) is 0 Å². The topological polar surface area (TPSA) is 0 Å². The molecule has 0 N–H and O–H groups in total. The summed E-state index contributed by atoms with van der Waals surface area (Å²) in [6.45, 7) is -0.454. The molecular formula is C8H7F11. The lowest BCUT2D eigenvalue weighted by Crippen LogP contribution is -2.51. The SMILES string of the molecule is CC(F)(CC(F)(F)C(F)(F)CC(F)(F)F)C(F)(F)F. The summed E-state index contributed by atoms with van der Waals surface area (Å²) >= 11 is 0. The molecule has 1 unspecified atom stereocenters. The van der Waals surface area contributed by atoms with Gasteiger partial charge in [0.2, 0.25) is 5.67 Å². The first-order valence-electron chi connectivity index (χ1n) is 4.49. The minimum Gasteiger partial charge on any atom is -0.234 e. The van der Waals surface area contributed by atoms with Gasteiger partial charge in [-0.2, -0.15) is 43.9 Å². The maximum atomic E-state index is 12.8. The molecule has 0 aliphatic heterocycles. The molecule has 0 aromatic heterocycles. The molecule has 11 heteroatoms. The lowest BCUT2D eigenvalue weighted by atomic mass is 9.93. The maximum Gasteiger partial charge on any atom is 0.422 e. The van der Waals surface area contributed by atoms with Crippen LogP contribution in [-0.4, -0.2) is 29.9 Å². The molecule has 0 aliphatic carbocycles. The third-order valence-electron chi connectivity index (χ3n) is 2.10. The Kier molecular flexibility index (Phi) is 4.46. The molecule has 0 saturated carbocycles. The van der Waals surface area contributed by atoms with Crippen LogP contribution in [0.5, 0.6) is 0 Å². The highest BCUT2D eigenvalue weighted by molar-refractivity contribution is 4.95. The summed E-state index contributed by atoms with van der Waals surface area (Å²) in [7, 11) is 0. The zero-order valence-corrected chi connectivity index (χ0v) is 9.07. The van der Waals surface area contributed by atoms with Crippen LogP contribution in [0.15, 0.2) is 0 Å². The van der Waals surface area contributed by atoms with Crippen LogP contribution in [0.3, 0.4) is 0 Å². The van der Waals surface area contributed by atoms with Crippen LogP contribution in [0.4, 0.5) is 48.3 Å². The van der Waals surface area contributed by atoms with Crippen LogP contribution in [0.1, 0.15) is 19.8 Å². The zero-order chi connectivity index (χ0) is 15.9. The van der Waals surface area contributed by atoms with E-state index in [9.17, 15) is 48.3 Å². The van der Waals surface area contributed by atoms with Crippen molar-refractivity contribution in [2.24, 2.45) is 0 Å². The molecule has 19 heavy (non-hydrogen) atoms. The smallest absolute Gasteiger partial charge is 0.234 e. The minimum atomic E-state index is -5.91. The van der Waals surface area contributed by atoms with Crippen LogP contribution in [0.25, 0.3) is 0 Å². The molecule has 0 aromatic rings. The normalized spacial score (nSPS) is 18.3. The highest BCUT2D eigenvalue weighted by Crippen LogP contribution is 2.49. The van der Waals surface area contributed by atoms with Crippen molar-refractivity contribution in [3.8, 4) is 0 Å². The van der Waals surface area contributed by atoms with Crippen LogP contribution in [-0.2, 0) is 0 Å². The van der Waals surface area contributed by atoms with Crippen molar-refractivity contribution >= 4 is 0 Å². The number of hydrogen-bond donors (Lipinski definition) is 0. The summed E-state index contributed by atoms with van der Waals surface area (Å²) in [6, 6.07) is 0. The first-order valence-corrected chi connectivity index (χ1v) is 4.49. The summed E-state index contributed by atoms with van der Waals surface area (Å²) < 4.78 is 134. The van der Waals surface area contributed by atoms with Gasteiger partial charge in [-0.3, -0.25) is 0 Å². The molecule has 116 valence electrons. The quantitative estimate of drug-likeness (QED) is 0.648. The fourth-order valence-electron chi connectivity index (χ4n) is 1.03. The van der Waals surface area contributed by atoms with Gasteiger partial charge < -0.3 is 0 Å². The van der Waals surface area contributed by atoms with E-state index in [1.807, 2.05) is 0 Å². The molecule has 0 fully saturated rings. The molecule has 0 nitrogen and oxygen atoms in total. The molecular weight excluding hydrogens is 305 g/mol. The second-order valence-corrected chi connectivity index (χ2v) is 4.07. The van der Waals surface area contributed by atoms with Gasteiger partial charge in [0.25, 0.3) is 0 Å². The van der Waals surface area contributed by atoms with E-state index in [0.29, 0.717) is 0 Å². The van der Waals surface area contributed by atoms with Crippen molar-refractivity contribution < 1.29 is 48.3 Å². The molecule has 0 heterocycles. The van der Waals surface area contributed by atoms with E-state index < -0.39 is 49.6 Å². The standard InChI is InChI=1S/C8H7F11/c1-4(9,8(17,18)19)2-5(10,11)6(12,13)3-7(14,15)16/h2-3H2,1H3. The van der Waals surface area contributed by atoms with Gasteiger partial charge in [-0.25, -0.2) is 4.39 Å². The fraction of sp³-hybridized carbons (Fsp3) is 1.00. The number of hydrogen-bond acceptors (Lipinski definition) is 0. The van der Waals surface area contributed by atoms with Crippen LogP contribution in [0, 0.1) is 0 Å². The Labute approximate surface area is 99.1 Å². The van der Waals surface area contributed by atoms with Gasteiger partial charge in [0.05, 0.1) is 6.42 Å². The summed E-state index contributed by atoms with van der Waals surface area (Å²) in [5.74, 6) is -11.6. The largest absolute Gasteiger partial charge is 0.422 e. The van der Waals surface area contributed by atoms with Crippen LogP contribution >= 0.6 is 0 Å². The van der Waals surface area contributed by atoms with Gasteiger partial charge in [-0.15, -0.1) is 0 Å². The van der Waals surface area contributed by atoms with Gasteiger partial charge >= 0.3 is 24.2 Å². The first kappa shape index (κ1) is 18.2. The van der Waals surface area contributed by atoms with E-state index in [1.165, 1.54) is 0 Å². The second-order valence-electron chi connectivity index (χ2n) is 4.07. The summed E-state index contributed by atoms with van der Waals surface area (Å²) in [5, 5.41) is 0. The minimum absolute atomic E-state index is 0.454. The Morgan fingerprint density at radius 1 is 0.579 bits per heavy atom. The average molecular weight is 312 g/mol. The summed E-state index contributed by atoms with van der Waals surface area (Å²) in [6.07, 6.45) is -18.1. The highest BCUT2D eigenvalue weighted by Gasteiger charge is 2.67. The maximum absolute atomic E-state index is 12.8. The van der Waals surface area contributed by atoms with E-state index >= 15 is 0 Å². The first-order chi connectivity index (χ1) is 7.91. The predicted molar refractivity (Wildman–Crippen MR) is 40.8 cm³/mol. The Morgan fingerprint density at radius 2 is 0.895 bits per heavy atom. The van der Waals surface area contributed by atoms with E-state index in [4.69, 9.17) is 0 Å². The summed E-state index contributed by atoms with van der Waals surface area (Å²) in [5.41, 5.74) is -4.74. The van der Waals surface area contributed by atoms with Crippen molar-refractivity contribution in [2.45, 2.75) is 49.6 Å². The molecule has 1 atom stereocenters. The molecule has 0 bridgehead atoms. The van der Waals surface area contributed by atoms with Crippen molar-refractivity contribution in [2.75, 3.05) is 0 Å². The Balaban J connectivity index is 5.18. The third kappa shape index (κ3) is 4.68. The molecule has 0 saturated heterocycles. The predicted octanol–water partition coefficient (Wildman–Crippen LogP) is 4.89. The van der Waals surface area contributed by atoms with Gasteiger partial charge in [0.15, 0.2) is 0 Å². The van der Waals surface area contributed by atoms with Gasteiger partial charge in [-0.05, 0) is 6.92 Å². The Hall–Kier alpha value is -0.770. The lowest BCUT2D eigenvalue weighted by Gasteiger charge is -2.32. The van der Waals surface area contributed by atoms with Gasteiger partial charge in [-0.1, -0.05) is 0 Å². The monoisotopic (exact) mass is 312 g/mol. The molecule has 0 spiro atoms. The molecule has 0 radical (unpaired) electrons. The molecule has 0 aromatic carbocycles. The Morgan fingerprint density at radius 3 is 1.16 bits per heavy atom.